The molecule has 1 aliphatic rings. The van der Waals surface area contributed by atoms with Gasteiger partial charge in [-0.25, -0.2) is 0 Å². The van der Waals surface area contributed by atoms with E-state index in [1.54, 1.807) is 18.2 Å². The number of hydrogen-bond acceptors (Lipinski definition) is 6. The molecule has 11 heteroatoms. The summed E-state index contributed by atoms with van der Waals surface area (Å²) in [5, 5.41) is 11.0. The highest BCUT2D eigenvalue weighted by atomic mass is 32.2. The van der Waals surface area contributed by atoms with Crippen molar-refractivity contribution in [3.8, 4) is 11.3 Å². The van der Waals surface area contributed by atoms with Crippen LogP contribution in [0.3, 0.4) is 0 Å². The van der Waals surface area contributed by atoms with Crippen LogP contribution in [-0.2, 0) is 11.0 Å². The van der Waals surface area contributed by atoms with Crippen LogP contribution in [0, 0.1) is 10.1 Å². The minimum absolute atomic E-state index is 0.0162. The normalized spacial score (nSPS) is 15.6. The maximum Gasteiger partial charge on any atom is 0.416 e. The van der Waals surface area contributed by atoms with E-state index in [0.29, 0.717) is 11.3 Å². The Balaban J connectivity index is 1.61. The second-order valence-electron chi connectivity index (χ2n) is 6.57. The molecule has 1 fully saturated rings. The van der Waals surface area contributed by atoms with Crippen LogP contribution < -0.4 is 4.90 Å². The van der Waals surface area contributed by atoms with E-state index in [9.17, 15) is 28.1 Å². The van der Waals surface area contributed by atoms with E-state index >= 15 is 0 Å². The lowest BCUT2D eigenvalue weighted by Gasteiger charge is -2.16. The van der Waals surface area contributed by atoms with E-state index < -0.39 is 22.6 Å². The minimum Gasteiger partial charge on any atom is -0.457 e. The molecule has 0 atom stereocenters. The number of rotatable bonds is 4. The molecule has 0 aliphatic carbocycles. The van der Waals surface area contributed by atoms with Crippen molar-refractivity contribution in [1.29, 1.82) is 0 Å². The smallest absolute Gasteiger partial charge is 0.416 e. The zero-order valence-corrected chi connectivity index (χ0v) is 17.5. The number of nitro groups is 1. The van der Waals surface area contributed by atoms with Crippen molar-refractivity contribution in [1.82, 2.24) is 0 Å². The number of nitrogens with zero attached hydrogens (tertiary/aromatic N) is 2. The van der Waals surface area contributed by atoms with Crippen molar-refractivity contribution in [2.45, 2.75) is 6.18 Å². The van der Waals surface area contributed by atoms with Gasteiger partial charge >= 0.3 is 6.18 Å². The van der Waals surface area contributed by atoms with Gasteiger partial charge in [-0.3, -0.25) is 19.8 Å². The second kappa shape index (κ2) is 8.24. The molecule has 0 unspecified atom stereocenters. The fraction of sp³-hybridized carbons (Fsp3) is 0.0476. The van der Waals surface area contributed by atoms with E-state index in [2.05, 4.69) is 0 Å². The number of carbonyl (C=O) groups excluding carboxylic acids is 1. The average Bonchev–Trinajstić information content (AvgIpc) is 3.32. The number of non-ortho nitro benzene ring substituents is 1. The van der Waals surface area contributed by atoms with E-state index in [4.69, 9.17) is 16.6 Å². The zero-order valence-electron chi connectivity index (χ0n) is 15.8. The highest BCUT2D eigenvalue weighted by molar-refractivity contribution is 8.27. The van der Waals surface area contributed by atoms with Crippen LogP contribution in [0.15, 0.2) is 70.0 Å². The predicted molar refractivity (Wildman–Crippen MR) is 118 cm³/mol. The van der Waals surface area contributed by atoms with Crippen LogP contribution in [0.4, 0.5) is 24.5 Å². The molecular formula is C21H11F3N2O4S2. The number of nitro benzene ring substituents is 1. The summed E-state index contributed by atoms with van der Waals surface area (Å²) in [7, 11) is 0. The summed E-state index contributed by atoms with van der Waals surface area (Å²) in [5.74, 6) is 0.0666. The number of hydrogen-bond donors (Lipinski definition) is 0. The molecule has 6 nitrogen and oxygen atoms in total. The number of carbonyl (C=O) groups is 1. The lowest BCUT2D eigenvalue weighted by atomic mass is 10.1. The summed E-state index contributed by atoms with van der Waals surface area (Å²) >= 11 is 6.14. The van der Waals surface area contributed by atoms with E-state index in [0.717, 1.165) is 28.8 Å². The molecule has 1 aliphatic heterocycles. The van der Waals surface area contributed by atoms with Crippen LogP contribution in [0.5, 0.6) is 0 Å². The molecule has 0 radical (unpaired) electrons. The van der Waals surface area contributed by atoms with Gasteiger partial charge in [0.15, 0.2) is 4.32 Å². The highest BCUT2D eigenvalue weighted by Gasteiger charge is 2.36. The molecule has 1 amide bonds. The Morgan fingerprint density at radius 3 is 2.56 bits per heavy atom. The lowest BCUT2D eigenvalue weighted by molar-refractivity contribution is -0.384. The molecule has 0 saturated carbocycles. The molecule has 2 heterocycles. The number of anilines is 1. The van der Waals surface area contributed by atoms with Gasteiger partial charge in [-0.15, -0.1) is 0 Å². The van der Waals surface area contributed by atoms with Gasteiger partial charge in [-0.2, -0.15) is 13.2 Å². The van der Waals surface area contributed by atoms with Gasteiger partial charge in [0, 0.05) is 23.8 Å². The standard InChI is InChI=1S/C21H11F3N2O4S2/c22-21(23,24)13-4-2-5-14(10-13)25-19(27)18(32-20(25)31)11-16-7-8-17(30-16)12-3-1-6-15(9-12)26(28)29/h1-11H. The van der Waals surface area contributed by atoms with Gasteiger partial charge in [0.1, 0.15) is 11.5 Å². The van der Waals surface area contributed by atoms with Crippen molar-refractivity contribution in [2.24, 2.45) is 0 Å². The SMILES string of the molecule is O=C1C(=Cc2ccc(-c3cccc([N+](=O)[O-])c3)o2)SC(=S)N1c1cccc(C(F)(F)F)c1. The third-order valence-corrected chi connectivity index (χ3v) is 5.77. The number of halogens is 3. The van der Waals surface area contributed by atoms with Gasteiger partial charge in [0.05, 0.1) is 21.1 Å². The summed E-state index contributed by atoms with van der Waals surface area (Å²) in [6.45, 7) is 0. The average molecular weight is 476 g/mol. The Hall–Kier alpha value is -3.44. The fourth-order valence-electron chi connectivity index (χ4n) is 3.00. The Kier molecular flexibility index (Phi) is 5.61. The van der Waals surface area contributed by atoms with Crippen molar-refractivity contribution in [3.05, 3.63) is 87.0 Å². The largest absolute Gasteiger partial charge is 0.457 e. The molecule has 3 aromatic rings. The van der Waals surface area contributed by atoms with Gasteiger partial charge < -0.3 is 4.42 Å². The lowest BCUT2D eigenvalue weighted by Crippen LogP contribution is -2.27. The first kappa shape index (κ1) is 21.8. The predicted octanol–water partition coefficient (Wildman–Crippen LogP) is 6.28. The van der Waals surface area contributed by atoms with Crippen LogP contribution in [0.1, 0.15) is 11.3 Å². The van der Waals surface area contributed by atoms with Crippen molar-refractivity contribution >= 4 is 51.7 Å². The summed E-state index contributed by atoms with van der Waals surface area (Å²) in [6, 6.07) is 13.4. The Bertz CT molecular complexity index is 1280. The van der Waals surface area contributed by atoms with Gasteiger partial charge in [-0.1, -0.05) is 42.2 Å². The number of alkyl halides is 3. The molecule has 162 valence electrons. The molecular weight excluding hydrogens is 465 g/mol. The van der Waals surface area contributed by atoms with E-state index in [-0.39, 0.29) is 26.4 Å². The summed E-state index contributed by atoms with van der Waals surface area (Å²) in [4.78, 5) is 24.5. The third kappa shape index (κ3) is 4.30. The van der Waals surface area contributed by atoms with Crippen molar-refractivity contribution < 1.29 is 27.3 Å². The third-order valence-electron chi connectivity index (χ3n) is 4.47. The van der Waals surface area contributed by atoms with Crippen LogP contribution >= 0.6 is 24.0 Å². The Morgan fingerprint density at radius 2 is 1.84 bits per heavy atom. The first-order chi connectivity index (χ1) is 15.1. The summed E-state index contributed by atoms with van der Waals surface area (Å²) < 4.78 is 44.8. The maximum atomic E-state index is 13.0. The Morgan fingerprint density at radius 1 is 1.09 bits per heavy atom. The summed E-state index contributed by atoms with van der Waals surface area (Å²) in [6.07, 6.45) is -3.13. The van der Waals surface area contributed by atoms with Crippen LogP contribution in [0.25, 0.3) is 17.4 Å². The van der Waals surface area contributed by atoms with E-state index in [1.165, 1.54) is 36.4 Å². The number of amides is 1. The van der Waals surface area contributed by atoms with Crippen LogP contribution in [0.2, 0.25) is 0 Å². The number of furan rings is 1. The molecule has 1 saturated heterocycles. The van der Waals surface area contributed by atoms with Gasteiger partial charge in [0.25, 0.3) is 11.6 Å². The number of thioether (sulfide) groups is 1. The zero-order chi connectivity index (χ0) is 23.0. The fourth-order valence-corrected chi connectivity index (χ4v) is 4.28. The number of benzene rings is 2. The van der Waals surface area contributed by atoms with Crippen molar-refractivity contribution in [3.63, 3.8) is 0 Å². The molecule has 0 spiro atoms. The monoisotopic (exact) mass is 476 g/mol. The quantitative estimate of drug-likeness (QED) is 0.191. The van der Waals surface area contributed by atoms with E-state index in [1.807, 2.05) is 0 Å². The van der Waals surface area contributed by atoms with Gasteiger partial charge in [0.2, 0.25) is 0 Å². The topological polar surface area (TPSA) is 76.6 Å². The number of thiocarbonyl (C=S) groups is 1. The molecule has 32 heavy (non-hydrogen) atoms. The second-order valence-corrected chi connectivity index (χ2v) is 8.25. The van der Waals surface area contributed by atoms with Gasteiger partial charge in [-0.05, 0) is 30.3 Å². The van der Waals surface area contributed by atoms with Crippen LogP contribution in [-0.4, -0.2) is 15.2 Å². The first-order valence-corrected chi connectivity index (χ1v) is 10.2. The molecule has 4 rings (SSSR count). The molecule has 0 bridgehead atoms. The minimum atomic E-state index is -4.55. The molecule has 0 N–H and O–H groups in total. The Labute approximate surface area is 188 Å². The van der Waals surface area contributed by atoms with Crippen molar-refractivity contribution in [2.75, 3.05) is 4.90 Å². The highest BCUT2D eigenvalue weighted by Crippen LogP contribution is 2.39. The molecule has 1 aromatic heterocycles. The maximum absolute atomic E-state index is 13.0. The molecule has 2 aromatic carbocycles. The summed E-state index contributed by atoms with van der Waals surface area (Å²) in [5.41, 5.74) is -0.485. The first-order valence-electron chi connectivity index (χ1n) is 8.93.